The maximum Gasteiger partial charge on any atom is 0.154 e. The predicted octanol–water partition coefficient (Wildman–Crippen LogP) is 0.260. The zero-order valence-corrected chi connectivity index (χ0v) is 13.8. The summed E-state index contributed by atoms with van der Waals surface area (Å²) in [6.07, 6.45) is 2.28. The number of benzene rings is 1. The molecule has 1 aromatic carbocycles. The fourth-order valence-corrected chi connectivity index (χ4v) is 3.09. The molecule has 3 rings (SSSR count). The number of nitrogens with two attached hydrogens (primary N) is 1. The number of nitrogens with zero attached hydrogens (tertiary/aromatic N) is 1. The number of hydrazine groups is 1. The molecule has 0 aliphatic carbocycles. The minimum Gasteiger partial charge on any atom is -0.507 e. The summed E-state index contributed by atoms with van der Waals surface area (Å²) in [6, 6.07) is 8.25. The number of rotatable bonds is 6. The lowest BCUT2D eigenvalue weighted by atomic mass is 10.1. The van der Waals surface area contributed by atoms with Gasteiger partial charge in [0.15, 0.2) is 11.9 Å². The Morgan fingerprint density at radius 3 is 2.54 bits per heavy atom. The van der Waals surface area contributed by atoms with E-state index >= 15 is 0 Å². The highest BCUT2D eigenvalue weighted by Crippen LogP contribution is 2.16. The number of piperidine rings is 1. The number of hydrogen-bond donors (Lipinski definition) is 6. The van der Waals surface area contributed by atoms with Gasteiger partial charge in [-0.05, 0) is 37.0 Å². The summed E-state index contributed by atoms with van der Waals surface area (Å²) < 4.78 is 0. The van der Waals surface area contributed by atoms with Crippen LogP contribution in [0.1, 0.15) is 18.4 Å². The molecule has 7 N–H and O–H groups in total. The van der Waals surface area contributed by atoms with Crippen LogP contribution in [0, 0.1) is 0 Å². The number of nitrogens with one attached hydrogen (secondary N) is 3. The van der Waals surface area contributed by atoms with Gasteiger partial charge in [-0.2, -0.15) is 0 Å². The minimum atomic E-state index is -0.367. The molecule has 1 atom stereocenters. The Kier molecular flexibility index (Phi) is 5.57. The summed E-state index contributed by atoms with van der Waals surface area (Å²) in [7, 11) is 0. The average molecular weight is 333 g/mol. The van der Waals surface area contributed by atoms with Crippen molar-refractivity contribution in [2.75, 3.05) is 31.5 Å². The maximum atomic E-state index is 10.0. The van der Waals surface area contributed by atoms with Crippen molar-refractivity contribution in [2.45, 2.75) is 31.5 Å². The molecule has 7 nitrogen and oxygen atoms in total. The molecule has 0 bridgehead atoms. The number of aliphatic hydroxyl groups excluding tert-OH is 2. The van der Waals surface area contributed by atoms with E-state index in [9.17, 15) is 10.2 Å². The van der Waals surface area contributed by atoms with Crippen molar-refractivity contribution >= 4 is 5.69 Å². The van der Waals surface area contributed by atoms with E-state index in [-0.39, 0.29) is 24.6 Å². The molecular formula is C17H27N5O2. The summed E-state index contributed by atoms with van der Waals surface area (Å²) in [5.74, 6) is 0.203. The van der Waals surface area contributed by atoms with Gasteiger partial charge >= 0.3 is 0 Å². The van der Waals surface area contributed by atoms with Gasteiger partial charge in [0.25, 0.3) is 0 Å². The third kappa shape index (κ3) is 4.18. The molecule has 7 heteroatoms. The fourth-order valence-electron chi connectivity index (χ4n) is 3.09. The lowest BCUT2D eigenvalue weighted by molar-refractivity contribution is 0.0832. The Labute approximate surface area is 142 Å². The van der Waals surface area contributed by atoms with Crippen LogP contribution in [0.25, 0.3) is 0 Å². The van der Waals surface area contributed by atoms with Crippen LogP contribution in [0.15, 0.2) is 35.7 Å². The molecule has 1 aromatic rings. The number of aliphatic hydroxyl groups is 2. The Bertz CT molecular complexity index is 567. The monoisotopic (exact) mass is 333 g/mol. The second kappa shape index (κ2) is 7.85. The molecule has 132 valence electrons. The number of likely N-dealkylation sites (tertiary alicyclic amines) is 1. The smallest absolute Gasteiger partial charge is 0.154 e. The van der Waals surface area contributed by atoms with E-state index in [1.54, 1.807) is 0 Å². The Morgan fingerprint density at radius 2 is 1.92 bits per heavy atom. The number of anilines is 1. The molecule has 1 saturated heterocycles. The second-order valence-corrected chi connectivity index (χ2v) is 6.43. The molecular weight excluding hydrogens is 306 g/mol. The van der Waals surface area contributed by atoms with Crippen LogP contribution in [0.5, 0.6) is 0 Å². The second-order valence-electron chi connectivity index (χ2n) is 6.43. The maximum absolute atomic E-state index is 10.0. The molecule has 2 aliphatic rings. The van der Waals surface area contributed by atoms with E-state index in [1.807, 2.05) is 12.1 Å². The highest BCUT2D eigenvalue weighted by Gasteiger charge is 2.23. The van der Waals surface area contributed by atoms with E-state index < -0.39 is 0 Å². The molecule has 0 amide bonds. The van der Waals surface area contributed by atoms with Gasteiger partial charge < -0.3 is 31.6 Å². The van der Waals surface area contributed by atoms with Crippen LogP contribution in [0.3, 0.4) is 0 Å². The first kappa shape index (κ1) is 17.0. The van der Waals surface area contributed by atoms with Crippen molar-refractivity contribution < 1.29 is 10.2 Å². The van der Waals surface area contributed by atoms with Gasteiger partial charge in [-0.25, -0.2) is 5.43 Å². The number of hydrogen-bond acceptors (Lipinski definition) is 7. The van der Waals surface area contributed by atoms with Gasteiger partial charge in [-0.15, -0.1) is 0 Å². The zero-order chi connectivity index (χ0) is 16.9. The summed E-state index contributed by atoms with van der Waals surface area (Å²) in [5.41, 5.74) is 14.2. The highest BCUT2D eigenvalue weighted by atomic mass is 16.3. The van der Waals surface area contributed by atoms with Crippen LogP contribution >= 0.6 is 0 Å². The van der Waals surface area contributed by atoms with Gasteiger partial charge in [-0.3, -0.25) is 0 Å². The van der Waals surface area contributed by atoms with Crippen molar-refractivity contribution in [2.24, 2.45) is 5.73 Å². The van der Waals surface area contributed by atoms with Crippen molar-refractivity contribution in [3.8, 4) is 0 Å². The quantitative estimate of drug-likeness (QED) is 0.443. The van der Waals surface area contributed by atoms with E-state index in [1.165, 1.54) is 5.56 Å². The van der Waals surface area contributed by atoms with Crippen LogP contribution in [-0.2, 0) is 6.42 Å². The topological polar surface area (TPSA) is 106 Å². The van der Waals surface area contributed by atoms with E-state index in [4.69, 9.17) is 5.73 Å². The Hall–Kier alpha value is -1.80. The van der Waals surface area contributed by atoms with Crippen molar-refractivity contribution in [1.29, 1.82) is 0 Å². The summed E-state index contributed by atoms with van der Waals surface area (Å²) in [4.78, 5) is 2.41. The average Bonchev–Trinajstić information content (AvgIpc) is 2.95. The highest BCUT2D eigenvalue weighted by molar-refractivity contribution is 5.47. The molecule has 0 radical (unpaired) electrons. The molecule has 2 heterocycles. The zero-order valence-electron chi connectivity index (χ0n) is 13.8. The first-order valence-corrected chi connectivity index (χ1v) is 8.55. The predicted molar refractivity (Wildman–Crippen MR) is 94.2 cm³/mol. The molecule has 0 aromatic heterocycles. The first-order valence-electron chi connectivity index (χ1n) is 8.55. The standard InChI is InChI=1S/C17H27N5O2/c18-11-15-16(24)17(21-20-15)19-13-3-1-12(2-4-13)5-8-22-9-6-14(23)7-10-22/h1-4,14,17,19-21,23-24H,5-11,18H2. The van der Waals surface area contributed by atoms with Gasteiger partial charge in [0, 0.05) is 31.9 Å². The van der Waals surface area contributed by atoms with E-state index in [2.05, 4.69) is 33.2 Å². The summed E-state index contributed by atoms with van der Waals surface area (Å²) >= 11 is 0. The largest absolute Gasteiger partial charge is 0.507 e. The molecule has 0 saturated carbocycles. The van der Waals surface area contributed by atoms with Gasteiger partial charge in [0.05, 0.1) is 11.8 Å². The summed E-state index contributed by atoms with van der Waals surface area (Å²) in [6.45, 7) is 3.26. The van der Waals surface area contributed by atoms with E-state index in [0.717, 1.165) is 44.6 Å². The molecule has 24 heavy (non-hydrogen) atoms. The van der Waals surface area contributed by atoms with Crippen LogP contribution in [0.4, 0.5) is 5.69 Å². The Balaban J connectivity index is 1.48. The third-order valence-electron chi connectivity index (χ3n) is 4.69. The summed E-state index contributed by atoms with van der Waals surface area (Å²) in [5, 5.41) is 22.8. The van der Waals surface area contributed by atoms with Crippen LogP contribution < -0.4 is 21.9 Å². The van der Waals surface area contributed by atoms with Crippen molar-refractivity contribution in [1.82, 2.24) is 15.8 Å². The first-order chi connectivity index (χ1) is 11.7. The normalized spacial score (nSPS) is 22.7. The minimum absolute atomic E-state index is 0.115. The molecule has 2 aliphatic heterocycles. The van der Waals surface area contributed by atoms with Gasteiger partial charge in [0.2, 0.25) is 0 Å². The van der Waals surface area contributed by atoms with Crippen molar-refractivity contribution in [3.63, 3.8) is 0 Å². The SMILES string of the molecule is NCC1=C(O)C(Nc2ccc(CCN3CCC(O)CC3)cc2)NN1. The molecule has 1 unspecified atom stereocenters. The van der Waals surface area contributed by atoms with Crippen LogP contribution in [0.2, 0.25) is 0 Å². The van der Waals surface area contributed by atoms with E-state index in [0.29, 0.717) is 5.70 Å². The van der Waals surface area contributed by atoms with Gasteiger partial charge in [-0.1, -0.05) is 12.1 Å². The fraction of sp³-hybridized carbons (Fsp3) is 0.529. The lowest BCUT2D eigenvalue weighted by Crippen LogP contribution is -2.38. The van der Waals surface area contributed by atoms with Gasteiger partial charge in [0.1, 0.15) is 0 Å². The van der Waals surface area contributed by atoms with Crippen LogP contribution in [-0.4, -0.2) is 53.6 Å². The molecule has 1 fully saturated rings. The molecule has 0 spiro atoms. The lowest BCUT2D eigenvalue weighted by Gasteiger charge is -2.29. The Morgan fingerprint density at radius 1 is 1.21 bits per heavy atom. The third-order valence-corrected chi connectivity index (χ3v) is 4.69. The van der Waals surface area contributed by atoms with Crippen molar-refractivity contribution in [3.05, 3.63) is 41.3 Å².